The highest BCUT2D eigenvalue weighted by Crippen LogP contribution is 2.42. The van der Waals surface area contributed by atoms with Crippen LogP contribution in [0.15, 0.2) is 47.4 Å². The van der Waals surface area contributed by atoms with Gasteiger partial charge in [-0.2, -0.15) is 13.2 Å². The number of aromatic nitrogens is 3. The average Bonchev–Trinajstić information content (AvgIpc) is 2.84. The zero-order valence-electron chi connectivity index (χ0n) is 20.9. The molecule has 0 saturated heterocycles. The van der Waals surface area contributed by atoms with Crippen molar-refractivity contribution >= 4 is 0 Å². The Morgan fingerprint density at radius 3 is 2.34 bits per heavy atom. The number of pyridine rings is 1. The molecule has 2 aromatic heterocycles. The third kappa shape index (κ3) is 6.36. The van der Waals surface area contributed by atoms with Gasteiger partial charge in [0, 0.05) is 24.8 Å². The van der Waals surface area contributed by atoms with Gasteiger partial charge in [0.2, 0.25) is 5.88 Å². The summed E-state index contributed by atoms with van der Waals surface area (Å²) < 4.78 is 87.9. The molecule has 11 heteroatoms. The molecule has 204 valence electrons. The summed E-state index contributed by atoms with van der Waals surface area (Å²) in [6.45, 7) is 0.852. The molecule has 0 aliphatic heterocycles. The van der Waals surface area contributed by atoms with Gasteiger partial charge in [0.1, 0.15) is 5.82 Å². The smallest absolute Gasteiger partial charge is 0.418 e. The van der Waals surface area contributed by atoms with Crippen molar-refractivity contribution in [3.05, 3.63) is 86.7 Å². The van der Waals surface area contributed by atoms with Crippen LogP contribution in [0.5, 0.6) is 5.88 Å². The summed E-state index contributed by atoms with van der Waals surface area (Å²) in [4.78, 5) is 17.2. The Hall–Kier alpha value is -3.37. The highest BCUT2D eigenvalue weighted by Gasteiger charge is 2.35. The number of alkyl halides is 5. The lowest BCUT2D eigenvalue weighted by atomic mass is 9.75. The summed E-state index contributed by atoms with van der Waals surface area (Å²) in [7, 11) is 0. The van der Waals surface area contributed by atoms with Gasteiger partial charge in [0.05, 0.1) is 17.8 Å². The maximum absolute atomic E-state index is 14.5. The number of hydrogen-bond acceptors (Lipinski definition) is 4. The second kappa shape index (κ2) is 10.8. The van der Waals surface area contributed by atoms with E-state index in [1.54, 1.807) is 6.07 Å². The van der Waals surface area contributed by atoms with Gasteiger partial charge in [0.25, 0.3) is 11.5 Å². The number of nitrogens with zero attached hydrogens (tertiary/aromatic N) is 3. The van der Waals surface area contributed by atoms with E-state index in [2.05, 4.69) is 10.1 Å². The van der Waals surface area contributed by atoms with E-state index >= 15 is 0 Å². The monoisotopic (exact) mass is 539 g/mol. The molecule has 2 heterocycles. The van der Waals surface area contributed by atoms with Gasteiger partial charge in [-0.3, -0.25) is 9.78 Å². The number of halogens is 6. The molecule has 0 unspecified atom stereocenters. The lowest BCUT2D eigenvalue weighted by Crippen LogP contribution is -2.31. The Kier molecular flexibility index (Phi) is 7.85. The van der Waals surface area contributed by atoms with Crippen molar-refractivity contribution in [3.63, 3.8) is 0 Å². The average molecular weight is 540 g/mol. The van der Waals surface area contributed by atoms with E-state index < -0.39 is 42.1 Å². The molecule has 1 aliphatic carbocycles. The first-order valence-electron chi connectivity index (χ1n) is 12.2. The standard InChI is InChI=1S/C27H27F6N3O2/c1-16-5-3-7-21(28)24(16)18-10-8-17(9-11-18)19-13-23(38-15-26(2,29)30)35-36(25(19)37)14-22-20(27(31,32)33)6-4-12-34-22/h3-7,12-13,17-18H,8-11,14-15H2,1-2H3. The molecule has 1 aromatic carbocycles. The maximum atomic E-state index is 14.5. The summed E-state index contributed by atoms with van der Waals surface area (Å²) in [5, 5.41) is 3.93. The zero-order valence-corrected chi connectivity index (χ0v) is 20.9. The van der Waals surface area contributed by atoms with Crippen molar-refractivity contribution in [2.75, 3.05) is 6.61 Å². The first kappa shape index (κ1) is 27.7. The molecule has 3 aromatic rings. The number of hydrogen-bond donors (Lipinski definition) is 0. The number of rotatable bonds is 7. The molecular weight excluding hydrogens is 512 g/mol. The molecule has 0 spiro atoms. The highest BCUT2D eigenvalue weighted by molar-refractivity contribution is 5.32. The van der Waals surface area contributed by atoms with Crippen LogP contribution in [0.25, 0.3) is 0 Å². The van der Waals surface area contributed by atoms with Crippen LogP contribution in [-0.2, 0) is 12.7 Å². The van der Waals surface area contributed by atoms with Crippen molar-refractivity contribution in [2.24, 2.45) is 0 Å². The largest absolute Gasteiger partial charge is 0.470 e. The van der Waals surface area contributed by atoms with Gasteiger partial charge in [-0.25, -0.2) is 17.9 Å². The summed E-state index contributed by atoms with van der Waals surface area (Å²) in [5.74, 6) is -4.14. The van der Waals surface area contributed by atoms with Crippen molar-refractivity contribution in [3.8, 4) is 5.88 Å². The summed E-state index contributed by atoms with van der Waals surface area (Å²) in [5.41, 5.74) is -0.416. The Balaban J connectivity index is 1.66. The summed E-state index contributed by atoms with van der Waals surface area (Å²) in [6, 6.07) is 8.16. The van der Waals surface area contributed by atoms with Crippen molar-refractivity contribution in [2.45, 2.75) is 70.0 Å². The van der Waals surface area contributed by atoms with Gasteiger partial charge in [-0.15, -0.1) is 5.10 Å². The van der Waals surface area contributed by atoms with Crippen LogP contribution < -0.4 is 10.3 Å². The fourth-order valence-corrected chi connectivity index (χ4v) is 5.03. The predicted molar refractivity (Wildman–Crippen MR) is 128 cm³/mol. The minimum atomic E-state index is -4.71. The van der Waals surface area contributed by atoms with Gasteiger partial charge in [-0.05, 0) is 73.8 Å². The Morgan fingerprint density at radius 2 is 1.71 bits per heavy atom. The Morgan fingerprint density at radius 1 is 1.03 bits per heavy atom. The molecule has 38 heavy (non-hydrogen) atoms. The van der Waals surface area contributed by atoms with Crippen LogP contribution in [0.2, 0.25) is 0 Å². The van der Waals surface area contributed by atoms with Gasteiger partial charge < -0.3 is 4.74 Å². The van der Waals surface area contributed by atoms with Gasteiger partial charge in [0.15, 0.2) is 6.61 Å². The van der Waals surface area contributed by atoms with E-state index in [-0.39, 0.29) is 29.1 Å². The van der Waals surface area contributed by atoms with Crippen LogP contribution in [0, 0.1) is 12.7 Å². The molecule has 0 amide bonds. The fourth-order valence-electron chi connectivity index (χ4n) is 5.03. The molecule has 0 bridgehead atoms. The van der Waals surface area contributed by atoms with E-state index in [1.165, 1.54) is 18.3 Å². The van der Waals surface area contributed by atoms with Crippen LogP contribution in [0.4, 0.5) is 26.3 Å². The second-order valence-corrected chi connectivity index (χ2v) is 9.77. The lowest BCUT2D eigenvalue weighted by Gasteiger charge is -2.30. The highest BCUT2D eigenvalue weighted by atomic mass is 19.4. The predicted octanol–water partition coefficient (Wildman–Crippen LogP) is 6.63. The Labute approximate surface area is 215 Å². The van der Waals surface area contributed by atoms with Crippen LogP contribution in [-0.4, -0.2) is 27.3 Å². The quantitative estimate of drug-likeness (QED) is 0.317. The minimum Gasteiger partial charge on any atom is -0.470 e. The molecule has 1 fully saturated rings. The molecule has 0 N–H and O–H groups in total. The number of benzene rings is 1. The van der Waals surface area contributed by atoms with E-state index in [9.17, 15) is 31.1 Å². The first-order chi connectivity index (χ1) is 17.8. The maximum Gasteiger partial charge on any atom is 0.418 e. The van der Waals surface area contributed by atoms with Crippen LogP contribution in [0.3, 0.4) is 0 Å². The van der Waals surface area contributed by atoms with E-state index in [0.717, 1.165) is 22.4 Å². The lowest BCUT2D eigenvalue weighted by molar-refractivity contribution is -0.138. The molecule has 5 nitrogen and oxygen atoms in total. The van der Waals surface area contributed by atoms with Gasteiger partial charge in [-0.1, -0.05) is 12.1 Å². The van der Waals surface area contributed by atoms with Crippen molar-refractivity contribution < 1.29 is 31.1 Å². The number of ether oxygens (including phenoxy) is 1. The summed E-state index contributed by atoms with van der Waals surface area (Å²) in [6.07, 6.45) is -1.39. The number of aryl methyl sites for hydroxylation is 1. The normalized spacial score (nSPS) is 18.4. The van der Waals surface area contributed by atoms with E-state index in [1.807, 2.05) is 13.0 Å². The minimum absolute atomic E-state index is 0.0473. The second-order valence-electron chi connectivity index (χ2n) is 9.77. The Bertz CT molecular complexity index is 1320. The van der Waals surface area contributed by atoms with Crippen LogP contribution in [0.1, 0.15) is 72.4 Å². The third-order valence-corrected chi connectivity index (χ3v) is 6.79. The van der Waals surface area contributed by atoms with E-state index in [0.29, 0.717) is 38.2 Å². The van der Waals surface area contributed by atoms with Gasteiger partial charge >= 0.3 is 6.18 Å². The molecular formula is C27H27F6N3O2. The third-order valence-electron chi connectivity index (χ3n) is 6.79. The van der Waals surface area contributed by atoms with Crippen molar-refractivity contribution in [1.82, 2.24) is 14.8 Å². The SMILES string of the molecule is Cc1cccc(F)c1C1CCC(c2cc(OCC(C)(F)F)nn(Cc3ncccc3C(F)(F)F)c2=O)CC1. The first-order valence-corrected chi connectivity index (χ1v) is 12.2. The van der Waals surface area contributed by atoms with E-state index in [4.69, 9.17) is 4.74 Å². The topological polar surface area (TPSA) is 57.0 Å². The molecule has 0 radical (unpaired) electrons. The fraction of sp³-hybridized carbons (Fsp3) is 0.444. The molecule has 4 rings (SSSR count). The molecule has 0 atom stereocenters. The molecule has 1 saturated carbocycles. The molecule has 1 aliphatic rings. The zero-order chi connectivity index (χ0) is 27.7. The summed E-state index contributed by atoms with van der Waals surface area (Å²) >= 11 is 0. The van der Waals surface area contributed by atoms with Crippen molar-refractivity contribution in [1.29, 1.82) is 0 Å². The van der Waals surface area contributed by atoms with Crippen LogP contribution >= 0.6 is 0 Å².